The van der Waals surface area contributed by atoms with Gasteiger partial charge in [0.1, 0.15) is 17.3 Å². The summed E-state index contributed by atoms with van der Waals surface area (Å²) in [5, 5.41) is 0. The molecule has 3 aliphatic heterocycles. The van der Waals surface area contributed by atoms with Crippen molar-refractivity contribution in [3.63, 3.8) is 0 Å². The van der Waals surface area contributed by atoms with Crippen molar-refractivity contribution in [3.8, 4) is 11.5 Å². The van der Waals surface area contributed by atoms with Gasteiger partial charge in [-0.2, -0.15) is 4.98 Å². The number of benzene rings is 1. The number of anilines is 2. The Morgan fingerprint density at radius 2 is 1.59 bits per heavy atom. The molecule has 9 heteroatoms. The molecule has 0 N–H and O–H groups in total. The van der Waals surface area contributed by atoms with Crippen molar-refractivity contribution >= 4 is 17.7 Å². The first-order chi connectivity index (χ1) is 18.0. The van der Waals surface area contributed by atoms with E-state index in [1.54, 1.807) is 32.4 Å². The highest BCUT2D eigenvalue weighted by atomic mass is 16.5. The SMILES string of the molecule is COc1cc(OC)cc(C(=O)N2CCc3nc(N4CCC(N5CCCCC5)CC4)nc(N(C)C)c3C2)c1. The molecule has 0 spiro atoms. The normalized spacial score (nSPS) is 18.9. The number of piperidine rings is 2. The highest BCUT2D eigenvalue weighted by Gasteiger charge is 2.31. The van der Waals surface area contributed by atoms with Crippen LogP contribution < -0.4 is 19.3 Å². The van der Waals surface area contributed by atoms with Gasteiger partial charge in [-0.1, -0.05) is 6.42 Å². The van der Waals surface area contributed by atoms with Gasteiger partial charge in [0.25, 0.3) is 5.91 Å². The van der Waals surface area contributed by atoms with Gasteiger partial charge in [0.15, 0.2) is 0 Å². The molecule has 0 aliphatic carbocycles. The molecule has 2 fully saturated rings. The molecule has 5 rings (SSSR count). The predicted molar refractivity (Wildman–Crippen MR) is 145 cm³/mol. The molecular weight excluding hydrogens is 468 g/mol. The van der Waals surface area contributed by atoms with Gasteiger partial charge in [0.2, 0.25) is 5.95 Å². The van der Waals surface area contributed by atoms with Gasteiger partial charge < -0.3 is 29.1 Å². The molecule has 37 heavy (non-hydrogen) atoms. The molecular formula is C28H40N6O3. The summed E-state index contributed by atoms with van der Waals surface area (Å²) in [6.07, 6.45) is 7.11. The van der Waals surface area contributed by atoms with Gasteiger partial charge in [-0.15, -0.1) is 0 Å². The number of methoxy groups -OCH3 is 2. The second-order valence-electron chi connectivity index (χ2n) is 10.6. The molecule has 9 nitrogen and oxygen atoms in total. The van der Waals surface area contributed by atoms with Crippen LogP contribution >= 0.6 is 0 Å². The number of ether oxygens (including phenoxy) is 2. The van der Waals surface area contributed by atoms with Crippen molar-refractivity contribution < 1.29 is 14.3 Å². The Morgan fingerprint density at radius 1 is 0.919 bits per heavy atom. The van der Waals surface area contributed by atoms with Crippen molar-refractivity contribution in [1.29, 1.82) is 0 Å². The Labute approximate surface area is 220 Å². The second kappa shape index (κ2) is 11.1. The van der Waals surface area contributed by atoms with Crippen molar-refractivity contribution in [2.45, 2.75) is 51.1 Å². The number of hydrogen-bond donors (Lipinski definition) is 0. The standard InChI is InChI=1S/C28H40N6O3/c1-31(2)26-24-19-34(27(35)20-16-22(36-3)18-23(17-20)37-4)15-10-25(24)29-28(30-26)33-13-8-21(9-14-33)32-11-6-5-7-12-32/h16-18,21H,5-15,19H2,1-4H3. The maximum Gasteiger partial charge on any atom is 0.254 e. The zero-order chi connectivity index (χ0) is 25.9. The number of nitrogens with zero attached hydrogens (tertiary/aromatic N) is 6. The first kappa shape index (κ1) is 25.6. The fraction of sp³-hybridized carbons (Fsp3) is 0.607. The monoisotopic (exact) mass is 508 g/mol. The summed E-state index contributed by atoms with van der Waals surface area (Å²) in [6, 6.07) is 6.00. The number of hydrogen-bond acceptors (Lipinski definition) is 8. The van der Waals surface area contributed by atoms with Gasteiger partial charge in [0.05, 0.1) is 26.5 Å². The predicted octanol–water partition coefficient (Wildman–Crippen LogP) is 3.21. The zero-order valence-corrected chi connectivity index (χ0v) is 22.7. The van der Waals surface area contributed by atoms with Gasteiger partial charge in [0, 0.05) is 63.4 Å². The molecule has 1 aromatic carbocycles. The van der Waals surface area contributed by atoms with E-state index in [9.17, 15) is 4.79 Å². The third-order valence-electron chi connectivity index (χ3n) is 7.99. The number of carbonyl (C=O) groups is 1. The lowest BCUT2D eigenvalue weighted by atomic mass is 10.00. The van der Waals surface area contributed by atoms with E-state index in [-0.39, 0.29) is 5.91 Å². The molecule has 0 radical (unpaired) electrons. The van der Waals surface area contributed by atoms with Crippen LogP contribution in [0.25, 0.3) is 0 Å². The Kier molecular flexibility index (Phi) is 7.69. The average molecular weight is 509 g/mol. The molecule has 200 valence electrons. The first-order valence-corrected chi connectivity index (χ1v) is 13.5. The molecule has 3 aliphatic rings. The molecule has 4 heterocycles. The summed E-state index contributed by atoms with van der Waals surface area (Å²) >= 11 is 0. The molecule has 2 saturated heterocycles. The van der Waals surface area contributed by atoms with Gasteiger partial charge in [-0.05, 0) is 50.9 Å². The number of amides is 1. The third-order valence-corrected chi connectivity index (χ3v) is 7.99. The van der Waals surface area contributed by atoms with Crippen LogP contribution in [0.1, 0.15) is 53.7 Å². The van der Waals surface area contributed by atoms with Crippen molar-refractivity contribution in [2.75, 3.05) is 70.8 Å². The number of fused-ring (bicyclic) bond motifs is 1. The second-order valence-corrected chi connectivity index (χ2v) is 10.6. The van der Waals surface area contributed by atoms with Gasteiger partial charge >= 0.3 is 0 Å². The molecule has 0 unspecified atom stereocenters. The minimum Gasteiger partial charge on any atom is -0.497 e. The minimum absolute atomic E-state index is 0.0450. The van der Waals surface area contributed by atoms with Crippen LogP contribution in [0.5, 0.6) is 11.5 Å². The third kappa shape index (κ3) is 5.46. The average Bonchev–Trinajstić information content (AvgIpc) is 2.96. The summed E-state index contributed by atoms with van der Waals surface area (Å²) in [5.74, 6) is 2.89. The van der Waals surface area contributed by atoms with Crippen molar-refractivity contribution in [1.82, 2.24) is 19.8 Å². The van der Waals surface area contributed by atoms with E-state index in [0.717, 1.165) is 36.1 Å². The van der Waals surface area contributed by atoms with Gasteiger partial charge in [-0.3, -0.25) is 4.79 Å². The fourth-order valence-electron chi connectivity index (χ4n) is 5.90. The summed E-state index contributed by atoms with van der Waals surface area (Å²) < 4.78 is 10.7. The number of aromatic nitrogens is 2. The molecule has 1 amide bonds. The molecule has 0 saturated carbocycles. The smallest absolute Gasteiger partial charge is 0.254 e. The maximum atomic E-state index is 13.5. The molecule has 1 aromatic heterocycles. The fourth-order valence-corrected chi connectivity index (χ4v) is 5.90. The largest absolute Gasteiger partial charge is 0.497 e. The number of carbonyl (C=O) groups excluding carboxylic acids is 1. The van der Waals surface area contributed by atoms with Crippen LogP contribution in [0.2, 0.25) is 0 Å². The van der Waals surface area contributed by atoms with Crippen LogP contribution in [0.3, 0.4) is 0 Å². The van der Waals surface area contributed by atoms with Crippen molar-refractivity contribution in [2.24, 2.45) is 0 Å². The Bertz CT molecular complexity index is 1090. The van der Waals surface area contributed by atoms with Crippen LogP contribution in [0, 0.1) is 0 Å². The highest BCUT2D eigenvalue weighted by Crippen LogP contribution is 2.31. The van der Waals surface area contributed by atoms with E-state index in [0.29, 0.717) is 42.6 Å². The zero-order valence-electron chi connectivity index (χ0n) is 22.7. The lowest BCUT2D eigenvalue weighted by Crippen LogP contribution is -2.47. The Balaban J connectivity index is 1.33. The van der Waals surface area contributed by atoms with E-state index < -0.39 is 0 Å². The van der Waals surface area contributed by atoms with E-state index >= 15 is 0 Å². The van der Waals surface area contributed by atoms with Crippen LogP contribution in [0.4, 0.5) is 11.8 Å². The highest BCUT2D eigenvalue weighted by molar-refractivity contribution is 5.95. The summed E-state index contributed by atoms with van der Waals surface area (Å²) in [7, 11) is 7.22. The molecule has 2 aromatic rings. The minimum atomic E-state index is -0.0450. The number of likely N-dealkylation sites (tertiary alicyclic amines) is 1. The molecule has 0 bridgehead atoms. The lowest BCUT2D eigenvalue weighted by molar-refractivity contribution is 0.0733. The van der Waals surface area contributed by atoms with E-state index in [1.807, 2.05) is 23.9 Å². The summed E-state index contributed by atoms with van der Waals surface area (Å²) in [5.41, 5.74) is 2.64. The topological polar surface area (TPSA) is 74.3 Å². The van der Waals surface area contributed by atoms with Gasteiger partial charge in [-0.25, -0.2) is 4.98 Å². The van der Waals surface area contributed by atoms with Crippen LogP contribution in [0.15, 0.2) is 18.2 Å². The van der Waals surface area contributed by atoms with E-state index in [4.69, 9.17) is 19.4 Å². The van der Waals surface area contributed by atoms with E-state index in [1.165, 1.54) is 45.2 Å². The quantitative estimate of drug-likeness (QED) is 0.589. The van der Waals surface area contributed by atoms with Crippen molar-refractivity contribution in [3.05, 3.63) is 35.0 Å². The lowest BCUT2D eigenvalue weighted by Gasteiger charge is -2.40. The Morgan fingerprint density at radius 3 is 2.22 bits per heavy atom. The van der Waals surface area contributed by atoms with Crippen LogP contribution in [-0.4, -0.2) is 92.8 Å². The first-order valence-electron chi connectivity index (χ1n) is 13.5. The molecule has 0 atom stereocenters. The maximum absolute atomic E-state index is 13.5. The summed E-state index contributed by atoms with van der Waals surface area (Å²) in [6.45, 7) is 5.60. The number of rotatable bonds is 6. The van der Waals surface area contributed by atoms with Crippen LogP contribution in [-0.2, 0) is 13.0 Å². The van der Waals surface area contributed by atoms with E-state index in [2.05, 4.69) is 9.80 Å². The summed E-state index contributed by atoms with van der Waals surface area (Å²) in [4.78, 5) is 32.5. The Hall–Kier alpha value is -3.07.